The summed E-state index contributed by atoms with van der Waals surface area (Å²) in [5, 5.41) is 3.60. The number of amides is 2. The zero-order valence-electron chi connectivity index (χ0n) is 17.9. The number of nitrogens with one attached hydrogen (secondary N) is 1. The van der Waals surface area contributed by atoms with E-state index < -0.39 is 0 Å². The molecule has 1 aliphatic rings. The summed E-state index contributed by atoms with van der Waals surface area (Å²) in [6, 6.07) is 14.9. The highest BCUT2D eigenvalue weighted by molar-refractivity contribution is 9.10. The molecule has 162 valence electrons. The van der Waals surface area contributed by atoms with Gasteiger partial charge in [0.2, 0.25) is 0 Å². The SMILES string of the molecule is CC(c1nc2ccccc2c(=O)n1C)N1CCN(C(=O)Nc2ccc(Br)cc2)C(C)C1. The molecule has 8 heteroatoms. The Balaban J connectivity index is 1.48. The first-order chi connectivity index (χ1) is 14.8. The first-order valence-electron chi connectivity index (χ1n) is 10.4. The number of fused-ring (bicyclic) bond motifs is 1. The second-order valence-corrected chi connectivity index (χ2v) is 8.92. The standard InChI is InChI=1S/C23H26BrN5O2/c1-15-14-28(12-13-29(15)23(31)25-18-10-8-17(24)9-11-18)16(2)21-26-20-7-5-4-6-19(20)22(30)27(21)3/h4-11,15-16H,12-14H2,1-3H3,(H,25,31). The number of piperazine rings is 1. The van der Waals surface area contributed by atoms with Crippen LogP contribution in [0.4, 0.5) is 10.5 Å². The maximum atomic E-state index is 12.8. The van der Waals surface area contributed by atoms with Gasteiger partial charge in [0.25, 0.3) is 5.56 Å². The van der Waals surface area contributed by atoms with Crippen molar-refractivity contribution in [1.29, 1.82) is 0 Å². The van der Waals surface area contributed by atoms with Crippen molar-refractivity contribution in [3.8, 4) is 0 Å². The van der Waals surface area contributed by atoms with E-state index in [0.717, 1.165) is 16.0 Å². The minimum atomic E-state index is -0.0987. The van der Waals surface area contributed by atoms with Crippen LogP contribution >= 0.6 is 15.9 Å². The summed E-state index contributed by atoms with van der Waals surface area (Å²) < 4.78 is 2.61. The van der Waals surface area contributed by atoms with Crippen LogP contribution in [0.3, 0.4) is 0 Å². The number of carbonyl (C=O) groups excluding carboxylic acids is 1. The molecule has 0 spiro atoms. The lowest BCUT2D eigenvalue weighted by molar-refractivity contribution is 0.0796. The topological polar surface area (TPSA) is 70.5 Å². The number of urea groups is 1. The summed E-state index contributed by atoms with van der Waals surface area (Å²) in [5.74, 6) is 0.740. The van der Waals surface area contributed by atoms with E-state index >= 15 is 0 Å². The predicted molar refractivity (Wildman–Crippen MR) is 126 cm³/mol. The molecule has 1 N–H and O–H groups in total. The van der Waals surface area contributed by atoms with E-state index in [9.17, 15) is 9.59 Å². The molecule has 1 saturated heterocycles. The van der Waals surface area contributed by atoms with Crippen molar-refractivity contribution in [2.24, 2.45) is 7.05 Å². The summed E-state index contributed by atoms with van der Waals surface area (Å²) >= 11 is 3.40. The van der Waals surface area contributed by atoms with Crippen LogP contribution in [0.2, 0.25) is 0 Å². The van der Waals surface area contributed by atoms with Crippen LogP contribution in [0.15, 0.2) is 57.8 Å². The van der Waals surface area contributed by atoms with E-state index in [1.807, 2.05) is 60.4 Å². The summed E-state index contributed by atoms with van der Waals surface area (Å²) in [6.07, 6.45) is 0. The number of rotatable bonds is 3. The number of aromatic nitrogens is 2. The molecular formula is C23H26BrN5O2. The lowest BCUT2D eigenvalue weighted by Gasteiger charge is -2.42. The van der Waals surface area contributed by atoms with Crippen LogP contribution in [0, 0.1) is 0 Å². The van der Waals surface area contributed by atoms with Gasteiger partial charge in [0.05, 0.1) is 16.9 Å². The third kappa shape index (κ3) is 4.36. The van der Waals surface area contributed by atoms with Gasteiger partial charge in [-0.3, -0.25) is 14.3 Å². The number of nitrogens with zero attached hydrogens (tertiary/aromatic N) is 4. The van der Waals surface area contributed by atoms with E-state index in [0.29, 0.717) is 30.5 Å². The molecule has 0 radical (unpaired) electrons. The van der Waals surface area contributed by atoms with Gasteiger partial charge in [0.1, 0.15) is 5.82 Å². The molecule has 4 rings (SSSR count). The maximum Gasteiger partial charge on any atom is 0.322 e. The van der Waals surface area contributed by atoms with Gasteiger partial charge in [-0.2, -0.15) is 0 Å². The molecule has 0 saturated carbocycles. The van der Waals surface area contributed by atoms with Gasteiger partial charge in [0.15, 0.2) is 0 Å². The highest BCUT2D eigenvalue weighted by atomic mass is 79.9. The third-order valence-corrected chi connectivity index (χ3v) is 6.48. The fraction of sp³-hybridized carbons (Fsp3) is 0.348. The smallest absolute Gasteiger partial charge is 0.319 e. The Morgan fingerprint density at radius 2 is 1.87 bits per heavy atom. The number of halogens is 1. The second kappa shape index (κ2) is 8.80. The number of carbonyl (C=O) groups is 1. The molecule has 0 bridgehead atoms. The minimum Gasteiger partial charge on any atom is -0.319 e. The Morgan fingerprint density at radius 3 is 2.58 bits per heavy atom. The number of anilines is 1. The third-order valence-electron chi connectivity index (χ3n) is 5.95. The average molecular weight is 484 g/mol. The van der Waals surface area contributed by atoms with E-state index in [4.69, 9.17) is 4.98 Å². The van der Waals surface area contributed by atoms with Crippen LogP contribution in [-0.4, -0.2) is 51.1 Å². The van der Waals surface area contributed by atoms with Gasteiger partial charge in [-0.05, 0) is 50.2 Å². The van der Waals surface area contributed by atoms with Gasteiger partial charge in [0, 0.05) is 42.9 Å². The van der Waals surface area contributed by atoms with E-state index in [1.165, 1.54) is 0 Å². The molecule has 2 atom stereocenters. The van der Waals surface area contributed by atoms with Gasteiger partial charge in [-0.15, -0.1) is 0 Å². The highest BCUT2D eigenvalue weighted by Gasteiger charge is 2.31. The molecule has 2 amide bonds. The molecule has 3 aromatic rings. The Bertz CT molecular complexity index is 1160. The van der Waals surface area contributed by atoms with E-state index in [-0.39, 0.29) is 23.7 Å². The molecule has 1 fully saturated rings. The summed E-state index contributed by atoms with van der Waals surface area (Å²) in [6.45, 7) is 6.14. The average Bonchev–Trinajstić information content (AvgIpc) is 2.77. The van der Waals surface area contributed by atoms with Crippen molar-refractivity contribution in [3.05, 3.63) is 69.2 Å². The Morgan fingerprint density at radius 1 is 1.16 bits per heavy atom. The summed E-state index contributed by atoms with van der Waals surface area (Å²) in [4.78, 5) is 34.5. The normalized spacial score (nSPS) is 18.2. The molecule has 2 unspecified atom stereocenters. The van der Waals surface area contributed by atoms with Crippen molar-refractivity contribution in [2.75, 3.05) is 25.0 Å². The van der Waals surface area contributed by atoms with Crippen LogP contribution in [0.1, 0.15) is 25.7 Å². The van der Waals surface area contributed by atoms with Crippen molar-refractivity contribution >= 4 is 38.6 Å². The van der Waals surface area contributed by atoms with Crippen molar-refractivity contribution in [1.82, 2.24) is 19.4 Å². The largest absolute Gasteiger partial charge is 0.322 e. The fourth-order valence-corrected chi connectivity index (χ4v) is 4.40. The van der Waals surface area contributed by atoms with Gasteiger partial charge in [-0.25, -0.2) is 9.78 Å². The quantitative estimate of drug-likeness (QED) is 0.611. The molecule has 7 nitrogen and oxygen atoms in total. The minimum absolute atomic E-state index is 0.0316. The second-order valence-electron chi connectivity index (χ2n) is 8.00. The number of benzene rings is 2. The van der Waals surface area contributed by atoms with Crippen LogP contribution in [0.5, 0.6) is 0 Å². The van der Waals surface area contributed by atoms with Crippen molar-refractivity contribution in [3.63, 3.8) is 0 Å². The molecular weight excluding hydrogens is 458 g/mol. The zero-order valence-corrected chi connectivity index (χ0v) is 19.5. The predicted octanol–water partition coefficient (Wildman–Crippen LogP) is 4.00. The van der Waals surface area contributed by atoms with Crippen molar-refractivity contribution < 1.29 is 4.79 Å². The summed E-state index contributed by atoms with van der Waals surface area (Å²) in [7, 11) is 1.78. The molecule has 1 aromatic heterocycles. The first kappa shape index (κ1) is 21.5. The molecule has 0 aliphatic carbocycles. The van der Waals surface area contributed by atoms with E-state index in [2.05, 4.69) is 33.1 Å². The monoisotopic (exact) mass is 483 g/mol. The van der Waals surface area contributed by atoms with Crippen LogP contribution in [0.25, 0.3) is 10.9 Å². The zero-order chi connectivity index (χ0) is 22.1. The maximum absolute atomic E-state index is 12.8. The first-order valence-corrected chi connectivity index (χ1v) is 11.2. The van der Waals surface area contributed by atoms with Crippen molar-refractivity contribution in [2.45, 2.75) is 25.9 Å². The molecule has 31 heavy (non-hydrogen) atoms. The molecule has 2 heterocycles. The van der Waals surface area contributed by atoms with E-state index in [1.54, 1.807) is 11.6 Å². The number of para-hydroxylation sites is 1. The number of hydrogen-bond acceptors (Lipinski definition) is 4. The lowest BCUT2D eigenvalue weighted by atomic mass is 10.1. The Kier molecular flexibility index (Phi) is 6.11. The molecule has 1 aliphatic heterocycles. The van der Waals surface area contributed by atoms with Crippen LogP contribution in [-0.2, 0) is 7.05 Å². The lowest BCUT2D eigenvalue weighted by Crippen LogP contribution is -2.55. The number of hydrogen-bond donors (Lipinski definition) is 1. The Labute approximate surface area is 189 Å². The van der Waals surface area contributed by atoms with Gasteiger partial charge >= 0.3 is 6.03 Å². The summed E-state index contributed by atoms with van der Waals surface area (Å²) in [5.41, 5.74) is 1.45. The van der Waals surface area contributed by atoms with Crippen LogP contribution < -0.4 is 10.9 Å². The Hall–Kier alpha value is -2.71. The fourth-order valence-electron chi connectivity index (χ4n) is 4.14. The van der Waals surface area contributed by atoms with Gasteiger partial charge < -0.3 is 10.2 Å². The van der Waals surface area contributed by atoms with Gasteiger partial charge in [-0.1, -0.05) is 28.1 Å². The highest BCUT2D eigenvalue weighted by Crippen LogP contribution is 2.23. The molecule has 2 aromatic carbocycles.